The van der Waals surface area contributed by atoms with E-state index in [-0.39, 0.29) is 0 Å². The summed E-state index contributed by atoms with van der Waals surface area (Å²) in [7, 11) is 0. The molecule has 17 heavy (non-hydrogen) atoms. The summed E-state index contributed by atoms with van der Waals surface area (Å²) < 4.78 is 0. The fourth-order valence-corrected chi connectivity index (χ4v) is 2.78. The van der Waals surface area contributed by atoms with Crippen molar-refractivity contribution in [2.24, 2.45) is 11.8 Å². The Hall–Kier alpha value is -0.820. The summed E-state index contributed by atoms with van der Waals surface area (Å²) in [6, 6.07) is 9.04. The zero-order valence-electron chi connectivity index (χ0n) is 11.6. The van der Waals surface area contributed by atoms with Gasteiger partial charge in [-0.25, -0.2) is 0 Å². The second-order valence-electron chi connectivity index (χ2n) is 6.16. The van der Waals surface area contributed by atoms with Gasteiger partial charge in [0.2, 0.25) is 0 Å². The monoisotopic (exact) mass is 231 g/mol. The molecule has 1 N–H and O–H groups in total. The van der Waals surface area contributed by atoms with Gasteiger partial charge in [0.1, 0.15) is 0 Å². The summed E-state index contributed by atoms with van der Waals surface area (Å²) in [5.74, 6) is 1.56. The Labute approximate surface area is 106 Å². The highest BCUT2D eigenvalue weighted by atomic mass is 14.9. The molecule has 2 rings (SSSR count). The number of aryl methyl sites for hydroxylation is 1. The van der Waals surface area contributed by atoms with Crippen molar-refractivity contribution in [3.8, 4) is 0 Å². The van der Waals surface area contributed by atoms with Gasteiger partial charge in [0.05, 0.1) is 0 Å². The SMILES string of the molecule is Cc1cccc(C2(CNCC(C)C)CC2C)c1. The number of benzene rings is 1. The van der Waals surface area contributed by atoms with E-state index in [2.05, 4.69) is 57.3 Å². The van der Waals surface area contributed by atoms with Crippen LogP contribution in [0.15, 0.2) is 24.3 Å². The van der Waals surface area contributed by atoms with Crippen molar-refractivity contribution >= 4 is 0 Å². The summed E-state index contributed by atoms with van der Waals surface area (Å²) in [5, 5.41) is 3.64. The second-order valence-corrected chi connectivity index (χ2v) is 6.16. The lowest BCUT2D eigenvalue weighted by atomic mass is 9.92. The van der Waals surface area contributed by atoms with Gasteiger partial charge in [0.25, 0.3) is 0 Å². The molecule has 0 aromatic heterocycles. The van der Waals surface area contributed by atoms with Crippen LogP contribution in [0.2, 0.25) is 0 Å². The maximum absolute atomic E-state index is 3.64. The van der Waals surface area contributed by atoms with E-state index in [1.165, 1.54) is 17.5 Å². The highest BCUT2D eigenvalue weighted by Gasteiger charge is 2.51. The van der Waals surface area contributed by atoms with Gasteiger partial charge in [-0.05, 0) is 37.3 Å². The molecule has 0 heterocycles. The van der Waals surface area contributed by atoms with Crippen molar-refractivity contribution in [3.05, 3.63) is 35.4 Å². The van der Waals surface area contributed by atoms with Crippen molar-refractivity contribution in [2.45, 2.75) is 39.5 Å². The van der Waals surface area contributed by atoms with Crippen molar-refractivity contribution in [3.63, 3.8) is 0 Å². The van der Waals surface area contributed by atoms with Crippen LogP contribution in [-0.4, -0.2) is 13.1 Å². The highest BCUT2D eigenvalue weighted by Crippen LogP contribution is 2.53. The average Bonchev–Trinajstić information content (AvgIpc) is 2.90. The van der Waals surface area contributed by atoms with Crippen LogP contribution >= 0.6 is 0 Å². The van der Waals surface area contributed by atoms with Crippen LogP contribution in [0.4, 0.5) is 0 Å². The van der Waals surface area contributed by atoms with E-state index in [0.717, 1.165) is 24.9 Å². The molecule has 0 saturated heterocycles. The molecule has 2 unspecified atom stereocenters. The summed E-state index contributed by atoms with van der Waals surface area (Å²) in [6.07, 6.45) is 1.33. The Morgan fingerprint density at radius 1 is 1.41 bits per heavy atom. The van der Waals surface area contributed by atoms with Crippen molar-refractivity contribution in [1.29, 1.82) is 0 Å². The molecule has 0 spiro atoms. The third-order valence-corrected chi connectivity index (χ3v) is 4.04. The first-order valence-corrected chi connectivity index (χ1v) is 6.82. The smallest absolute Gasteiger partial charge is 0.0107 e. The molecule has 1 fully saturated rings. The lowest BCUT2D eigenvalue weighted by Gasteiger charge is -2.19. The third-order valence-electron chi connectivity index (χ3n) is 4.04. The Kier molecular flexibility index (Phi) is 3.58. The quantitative estimate of drug-likeness (QED) is 0.817. The molecule has 1 aromatic carbocycles. The first kappa shape index (κ1) is 12.6. The van der Waals surface area contributed by atoms with Crippen molar-refractivity contribution < 1.29 is 0 Å². The van der Waals surface area contributed by atoms with Gasteiger partial charge in [0.15, 0.2) is 0 Å². The lowest BCUT2D eigenvalue weighted by molar-refractivity contribution is 0.493. The fraction of sp³-hybridized carbons (Fsp3) is 0.625. The zero-order valence-corrected chi connectivity index (χ0v) is 11.6. The minimum absolute atomic E-state index is 0.418. The van der Waals surface area contributed by atoms with Crippen LogP contribution in [0.3, 0.4) is 0 Å². The van der Waals surface area contributed by atoms with Gasteiger partial charge >= 0.3 is 0 Å². The lowest BCUT2D eigenvalue weighted by Crippen LogP contribution is -2.31. The first-order chi connectivity index (χ1) is 8.04. The van der Waals surface area contributed by atoms with Gasteiger partial charge in [-0.1, -0.05) is 50.6 Å². The predicted molar refractivity (Wildman–Crippen MR) is 74.3 cm³/mol. The minimum atomic E-state index is 0.418. The Balaban J connectivity index is 2.05. The molecule has 1 aliphatic rings. The molecule has 1 nitrogen and oxygen atoms in total. The van der Waals surface area contributed by atoms with E-state index in [0.29, 0.717) is 5.41 Å². The van der Waals surface area contributed by atoms with Gasteiger partial charge in [-0.2, -0.15) is 0 Å². The van der Waals surface area contributed by atoms with Crippen LogP contribution in [0.5, 0.6) is 0 Å². The van der Waals surface area contributed by atoms with Gasteiger partial charge in [-0.3, -0.25) is 0 Å². The maximum atomic E-state index is 3.64. The van der Waals surface area contributed by atoms with E-state index < -0.39 is 0 Å². The van der Waals surface area contributed by atoms with Crippen LogP contribution in [0.1, 0.15) is 38.3 Å². The summed E-state index contributed by atoms with van der Waals surface area (Å²) in [4.78, 5) is 0. The molecule has 0 amide bonds. The van der Waals surface area contributed by atoms with E-state index >= 15 is 0 Å². The number of hydrogen-bond donors (Lipinski definition) is 1. The molecule has 0 radical (unpaired) electrons. The van der Waals surface area contributed by atoms with E-state index in [4.69, 9.17) is 0 Å². The molecule has 94 valence electrons. The van der Waals surface area contributed by atoms with Crippen molar-refractivity contribution in [2.75, 3.05) is 13.1 Å². The summed E-state index contributed by atoms with van der Waals surface area (Å²) >= 11 is 0. The van der Waals surface area contributed by atoms with E-state index in [9.17, 15) is 0 Å². The van der Waals surface area contributed by atoms with Crippen LogP contribution < -0.4 is 5.32 Å². The van der Waals surface area contributed by atoms with E-state index in [1.807, 2.05) is 0 Å². The average molecular weight is 231 g/mol. The number of rotatable bonds is 5. The highest BCUT2D eigenvalue weighted by molar-refractivity contribution is 5.36. The summed E-state index contributed by atoms with van der Waals surface area (Å²) in [6.45, 7) is 11.4. The molecule has 2 atom stereocenters. The van der Waals surface area contributed by atoms with Crippen molar-refractivity contribution in [1.82, 2.24) is 5.32 Å². The van der Waals surface area contributed by atoms with Gasteiger partial charge in [-0.15, -0.1) is 0 Å². The molecule has 1 saturated carbocycles. The Morgan fingerprint density at radius 2 is 2.12 bits per heavy atom. The zero-order chi connectivity index (χ0) is 12.5. The molecular weight excluding hydrogens is 206 g/mol. The molecule has 1 heteroatoms. The van der Waals surface area contributed by atoms with Crippen LogP contribution in [0.25, 0.3) is 0 Å². The van der Waals surface area contributed by atoms with E-state index in [1.54, 1.807) is 0 Å². The van der Waals surface area contributed by atoms with Crippen LogP contribution in [-0.2, 0) is 5.41 Å². The fourth-order valence-electron chi connectivity index (χ4n) is 2.78. The van der Waals surface area contributed by atoms with Gasteiger partial charge < -0.3 is 5.32 Å². The maximum Gasteiger partial charge on any atom is 0.0107 e. The molecule has 0 bridgehead atoms. The molecule has 0 aliphatic heterocycles. The molecule has 1 aliphatic carbocycles. The normalized spacial score (nSPS) is 27.5. The largest absolute Gasteiger partial charge is 0.316 e. The topological polar surface area (TPSA) is 12.0 Å². The van der Waals surface area contributed by atoms with Crippen LogP contribution in [0, 0.1) is 18.8 Å². The summed E-state index contributed by atoms with van der Waals surface area (Å²) in [5.41, 5.74) is 3.33. The third kappa shape index (κ3) is 2.71. The van der Waals surface area contributed by atoms with Gasteiger partial charge in [0, 0.05) is 12.0 Å². The first-order valence-electron chi connectivity index (χ1n) is 6.82. The minimum Gasteiger partial charge on any atom is -0.316 e. The number of hydrogen-bond acceptors (Lipinski definition) is 1. The predicted octanol–water partition coefficient (Wildman–Crippen LogP) is 3.52. The Bertz CT molecular complexity index is 383. The second kappa shape index (κ2) is 4.81. The number of nitrogens with one attached hydrogen (secondary N) is 1. The standard InChI is InChI=1S/C16H25N/c1-12(2)10-17-11-16(9-14(16)4)15-7-5-6-13(3)8-15/h5-8,12,14,17H,9-11H2,1-4H3. The Morgan fingerprint density at radius 3 is 2.65 bits per heavy atom. The molecule has 1 aromatic rings. The molecular formula is C16H25N.